The van der Waals surface area contributed by atoms with E-state index in [1.807, 2.05) is 0 Å². The maximum absolute atomic E-state index is 11.3. The van der Waals surface area contributed by atoms with E-state index in [0.29, 0.717) is 16.9 Å². The predicted molar refractivity (Wildman–Crippen MR) is 48.8 cm³/mol. The summed E-state index contributed by atoms with van der Waals surface area (Å²) in [7, 11) is 0. The molecule has 0 radical (unpaired) electrons. The molecular formula is C8H13N3O. The second-order valence-corrected chi connectivity index (χ2v) is 2.80. The van der Waals surface area contributed by atoms with Crippen LogP contribution in [0.25, 0.3) is 0 Å². The van der Waals surface area contributed by atoms with Gasteiger partial charge in [0.25, 0.3) is 5.56 Å². The predicted octanol–water partition coefficient (Wildman–Crippen LogP) is 0.0326. The van der Waals surface area contributed by atoms with Gasteiger partial charge in [-0.25, -0.2) is 0 Å². The number of hydrogen-bond acceptors (Lipinski definition) is 3. The minimum absolute atomic E-state index is 0.137. The van der Waals surface area contributed by atoms with Gasteiger partial charge in [-0.05, 0) is 19.4 Å². The summed E-state index contributed by atoms with van der Waals surface area (Å²) in [5.74, 6) is 0. The molecule has 1 aromatic heterocycles. The van der Waals surface area contributed by atoms with Gasteiger partial charge in [-0.1, -0.05) is 0 Å². The highest BCUT2D eigenvalue weighted by Crippen LogP contribution is 2.13. The summed E-state index contributed by atoms with van der Waals surface area (Å²) < 4.78 is 0. The van der Waals surface area contributed by atoms with E-state index in [4.69, 9.17) is 11.5 Å². The van der Waals surface area contributed by atoms with E-state index in [0.717, 1.165) is 5.56 Å². The Morgan fingerprint density at radius 1 is 1.42 bits per heavy atom. The van der Waals surface area contributed by atoms with Crippen molar-refractivity contribution < 1.29 is 0 Å². The topological polar surface area (TPSA) is 84.9 Å². The van der Waals surface area contributed by atoms with Crippen LogP contribution in [-0.2, 0) is 6.54 Å². The third-order valence-corrected chi connectivity index (χ3v) is 2.04. The van der Waals surface area contributed by atoms with E-state index in [9.17, 15) is 4.79 Å². The minimum atomic E-state index is -0.137. The van der Waals surface area contributed by atoms with E-state index in [-0.39, 0.29) is 12.1 Å². The van der Waals surface area contributed by atoms with Crippen molar-refractivity contribution in [3.05, 3.63) is 27.2 Å². The van der Waals surface area contributed by atoms with Gasteiger partial charge in [0.2, 0.25) is 0 Å². The SMILES string of the molecule is Cc1[nH]c(=O)c(CN)c(C)c1N. The molecule has 0 aliphatic heterocycles. The lowest BCUT2D eigenvalue weighted by Crippen LogP contribution is -2.20. The zero-order valence-electron chi connectivity index (χ0n) is 7.27. The van der Waals surface area contributed by atoms with E-state index in [2.05, 4.69) is 4.98 Å². The maximum atomic E-state index is 11.3. The number of nitrogens with one attached hydrogen (secondary N) is 1. The summed E-state index contributed by atoms with van der Waals surface area (Å²) in [6.07, 6.45) is 0. The van der Waals surface area contributed by atoms with Gasteiger partial charge in [-0.3, -0.25) is 4.79 Å². The number of aromatic nitrogens is 1. The number of H-pyrrole nitrogens is 1. The summed E-state index contributed by atoms with van der Waals surface area (Å²) in [6.45, 7) is 3.80. The fourth-order valence-electron chi connectivity index (χ4n) is 1.17. The fourth-order valence-corrected chi connectivity index (χ4v) is 1.17. The lowest BCUT2D eigenvalue weighted by atomic mass is 10.1. The molecule has 1 heterocycles. The molecule has 5 N–H and O–H groups in total. The molecule has 12 heavy (non-hydrogen) atoms. The zero-order valence-corrected chi connectivity index (χ0v) is 7.27. The second-order valence-electron chi connectivity index (χ2n) is 2.80. The Morgan fingerprint density at radius 3 is 2.50 bits per heavy atom. The van der Waals surface area contributed by atoms with Crippen molar-refractivity contribution in [3.8, 4) is 0 Å². The Kier molecular flexibility index (Phi) is 2.19. The molecule has 0 aromatic carbocycles. The lowest BCUT2D eigenvalue weighted by Gasteiger charge is -2.07. The van der Waals surface area contributed by atoms with Crippen LogP contribution in [0.4, 0.5) is 5.69 Å². The zero-order chi connectivity index (χ0) is 9.30. The lowest BCUT2D eigenvalue weighted by molar-refractivity contribution is 0.979. The number of nitrogens with two attached hydrogens (primary N) is 2. The van der Waals surface area contributed by atoms with E-state index < -0.39 is 0 Å². The average Bonchev–Trinajstić information content (AvgIpc) is 2.01. The van der Waals surface area contributed by atoms with Crippen molar-refractivity contribution in [3.63, 3.8) is 0 Å². The number of rotatable bonds is 1. The molecule has 0 fully saturated rings. The van der Waals surface area contributed by atoms with Crippen molar-refractivity contribution in [2.75, 3.05) is 5.73 Å². The maximum Gasteiger partial charge on any atom is 0.253 e. The first kappa shape index (κ1) is 8.80. The molecule has 0 atom stereocenters. The molecule has 0 unspecified atom stereocenters. The van der Waals surface area contributed by atoms with Crippen molar-refractivity contribution in [2.45, 2.75) is 20.4 Å². The van der Waals surface area contributed by atoms with E-state index in [1.54, 1.807) is 13.8 Å². The summed E-state index contributed by atoms with van der Waals surface area (Å²) in [4.78, 5) is 13.9. The van der Waals surface area contributed by atoms with Crippen molar-refractivity contribution in [1.82, 2.24) is 4.98 Å². The van der Waals surface area contributed by atoms with Gasteiger partial charge >= 0.3 is 0 Å². The largest absolute Gasteiger partial charge is 0.397 e. The fraction of sp³-hybridized carbons (Fsp3) is 0.375. The molecule has 0 bridgehead atoms. The van der Waals surface area contributed by atoms with Crippen LogP contribution in [0.3, 0.4) is 0 Å². The van der Waals surface area contributed by atoms with Crippen molar-refractivity contribution in [1.29, 1.82) is 0 Å². The normalized spacial score (nSPS) is 10.2. The molecule has 66 valence electrons. The quantitative estimate of drug-likeness (QED) is 0.551. The van der Waals surface area contributed by atoms with Crippen LogP contribution in [0.15, 0.2) is 4.79 Å². The van der Waals surface area contributed by atoms with Gasteiger partial charge in [-0.2, -0.15) is 0 Å². The molecule has 1 aromatic rings. The first-order valence-electron chi connectivity index (χ1n) is 3.75. The van der Waals surface area contributed by atoms with E-state index in [1.165, 1.54) is 0 Å². The summed E-state index contributed by atoms with van der Waals surface area (Å²) in [5.41, 5.74) is 13.6. The number of hydrogen-bond donors (Lipinski definition) is 3. The Bertz CT molecular complexity index is 354. The van der Waals surface area contributed by atoms with E-state index >= 15 is 0 Å². The molecule has 0 aliphatic carbocycles. The third kappa shape index (κ3) is 1.21. The molecule has 0 amide bonds. The monoisotopic (exact) mass is 167 g/mol. The van der Waals surface area contributed by atoms with Crippen LogP contribution in [0, 0.1) is 13.8 Å². The highest BCUT2D eigenvalue weighted by atomic mass is 16.1. The molecule has 1 rings (SSSR count). The smallest absolute Gasteiger partial charge is 0.253 e. The first-order valence-corrected chi connectivity index (χ1v) is 3.75. The molecule has 4 nitrogen and oxygen atoms in total. The van der Waals surface area contributed by atoms with Gasteiger partial charge in [0.1, 0.15) is 0 Å². The number of pyridine rings is 1. The van der Waals surface area contributed by atoms with Crippen LogP contribution in [-0.4, -0.2) is 4.98 Å². The first-order chi connectivity index (χ1) is 5.57. The standard InChI is InChI=1S/C8H13N3O/c1-4-6(3-9)8(12)11-5(2)7(4)10/h3,9-10H2,1-2H3,(H,11,12). The van der Waals surface area contributed by atoms with Gasteiger partial charge < -0.3 is 16.5 Å². The van der Waals surface area contributed by atoms with Crippen LogP contribution in [0.2, 0.25) is 0 Å². The molecule has 0 saturated carbocycles. The molecule has 0 spiro atoms. The minimum Gasteiger partial charge on any atom is -0.397 e. The highest BCUT2D eigenvalue weighted by Gasteiger charge is 2.07. The molecule has 4 heteroatoms. The number of aromatic amines is 1. The number of nitrogen functional groups attached to an aromatic ring is 1. The number of anilines is 1. The highest BCUT2D eigenvalue weighted by molar-refractivity contribution is 5.52. The average molecular weight is 167 g/mol. The van der Waals surface area contributed by atoms with Gasteiger partial charge in [0.05, 0.1) is 5.69 Å². The molecule has 0 saturated heterocycles. The van der Waals surface area contributed by atoms with Crippen LogP contribution < -0.4 is 17.0 Å². The Labute approximate surface area is 70.6 Å². The Morgan fingerprint density at radius 2 is 2.00 bits per heavy atom. The van der Waals surface area contributed by atoms with Crippen LogP contribution in [0.5, 0.6) is 0 Å². The summed E-state index contributed by atoms with van der Waals surface area (Å²) in [6, 6.07) is 0. The van der Waals surface area contributed by atoms with Crippen molar-refractivity contribution >= 4 is 5.69 Å². The van der Waals surface area contributed by atoms with Gasteiger partial charge in [0, 0.05) is 17.8 Å². The van der Waals surface area contributed by atoms with Crippen molar-refractivity contribution in [2.24, 2.45) is 5.73 Å². The molecule has 0 aliphatic rings. The third-order valence-electron chi connectivity index (χ3n) is 2.04. The Balaban J connectivity index is 3.52. The molecular weight excluding hydrogens is 154 g/mol. The summed E-state index contributed by atoms with van der Waals surface area (Å²) in [5, 5.41) is 0. The van der Waals surface area contributed by atoms with Crippen LogP contribution in [0.1, 0.15) is 16.8 Å². The van der Waals surface area contributed by atoms with Gasteiger partial charge in [0.15, 0.2) is 0 Å². The van der Waals surface area contributed by atoms with Crippen LogP contribution >= 0.6 is 0 Å². The summed E-state index contributed by atoms with van der Waals surface area (Å²) >= 11 is 0. The number of aryl methyl sites for hydroxylation is 1. The van der Waals surface area contributed by atoms with Gasteiger partial charge in [-0.15, -0.1) is 0 Å². The second kappa shape index (κ2) is 2.98. The Hall–Kier alpha value is -1.29.